The molecular formula is C18H35F3N4O2. The molecule has 1 saturated heterocycles. The fourth-order valence-electron chi connectivity index (χ4n) is 2.74. The predicted molar refractivity (Wildman–Crippen MR) is 101 cm³/mol. The van der Waals surface area contributed by atoms with Crippen LogP contribution in [-0.4, -0.2) is 93.7 Å². The van der Waals surface area contributed by atoms with Gasteiger partial charge < -0.3 is 19.7 Å². The van der Waals surface area contributed by atoms with Gasteiger partial charge >= 0.3 is 6.18 Å². The molecule has 0 aliphatic carbocycles. The van der Waals surface area contributed by atoms with Crippen LogP contribution < -0.4 is 5.32 Å². The molecule has 6 nitrogen and oxygen atoms in total. The van der Waals surface area contributed by atoms with Crippen LogP contribution in [0, 0.1) is 0 Å². The number of hydrogen-bond acceptors (Lipinski definition) is 4. The second-order valence-electron chi connectivity index (χ2n) is 6.55. The zero-order valence-electron chi connectivity index (χ0n) is 16.9. The molecule has 1 aliphatic heterocycles. The molecule has 1 rings (SSSR count). The first-order valence-corrected chi connectivity index (χ1v) is 9.89. The molecule has 0 radical (unpaired) electrons. The summed E-state index contributed by atoms with van der Waals surface area (Å²) in [5.41, 5.74) is 0. The van der Waals surface area contributed by atoms with Crippen molar-refractivity contribution in [2.75, 3.05) is 65.7 Å². The summed E-state index contributed by atoms with van der Waals surface area (Å²) >= 11 is 0. The Kier molecular flexibility index (Phi) is 11.7. The minimum Gasteiger partial charge on any atom is -0.379 e. The van der Waals surface area contributed by atoms with E-state index in [2.05, 4.69) is 17.2 Å². The SMILES string of the molecule is CCCCOCCOCCN=C(NCC)N1CCN(C(C)C(F)(F)F)CC1. The van der Waals surface area contributed by atoms with E-state index in [1.807, 2.05) is 11.8 Å². The van der Waals surface area contributed by atoms with Crippen molar-refractivity contribution in [3.05, 3.63) is 0 Å². The number of rotatable bonds is 11. The number of ether oxygens (including phenoxy) is 2. The Hall–Kier alpha value is -1.06. The number of nitrogens with zero attached hydrogens (tertiary/aromatic N) is 3. The molecular weight excluding hydrogens is 361 g/mol. The molecule has 0 aromatic heterocycles. The van der Waals surface area contributed by atoms with Crippen molar-refractivity contribution in [2.45, 2.75) is 45.8 Å². The normalized spacial score (nSPS) is 18.0. The molecule has 0 spiro atoms. The summed E-state index contributed by atoms with van der Waals surface area (Å²) in [6, 6.07) is -1.41. The van der Waals surface area contributed by atoms with Crippen LogP contribution in [-0.2, 0) is 9.47 Å². The van der Waals surface area contributed by atoms with Crippen LogP contribution >= 0.6 is 0 Å². The van der Waals surface area contributed by atoms with Gasteiger partial charge in [0.25, 0.3) is 0 Å². The summed E-state index contributed by atoms with van der Waals surface area (Å²) in [6.45, 7) is 10.7. The maximum Gasteiger partial charge on any atom is 0.403 e. The molecule has 160 valence electrons. The number of nitrogens with one attached hydrogen (secondary N) is 1. The predicted octanol–water partition coefficient (Wildman–Crippen LogP) is 2.35. The van der Waals surface area contributed by atoms with E-state index in [1.165, 1.54) is 11.8 Å². The smallest absolute Gasteiger partial charge is 0.379 e. The number of hydrogen-bond donors (Lipinski definition) is 1. The second-order valence-corrected chi connectivity index (χ2v) is 6.55. The molecule has 1 heterocycles. The van der Waals surface area contributed by atoms with Gasteiger partial charge in [0.05, 0.1) is 26.4 Å². The number of piperazine rings is 1. The molecule has 1 unspecified atom stereocenters. The van der Waals surface area contributed by atoms with E-state index < -0.39 is 12.2 Å². The molecule has 1 atom stereocenters. The summed E-state index contributed by atoms with van der Waals surface area (Å²) in [5, 5.41) is 3.21. The van der Waals surface area contributed by atoms with Crippen molar-refractivity contribution in [2.24, 2.45) is 4.99 Å². The van der Waals surface area contributed by atoms with Gasteiger partial charge in [0.15, 0.2) is 5.96 Å². The Balaban J connectivity index is 2.31. The van der Waals surface area contributed by atoms with Crippen molar-refractivity contribution < 1.29 is 22.6 Å². The first-order chi connectivity index (χ1) is 12.9. The maximum atomic E-state index is 12.9. The molecule has 1 N–H and O–H groups in total. The van der Waals surface area contributed by atoms with Gasteiger partial charge in [-0.1, -0.05) is 13.3 Å². The molecule has 27 heavy (non-hydrogen) atoms. The minimum atomic E-state index is -4.18. The van der Waals surface area contributed by atoms with Crippen LogP contribution in [0.15, 0.2) is 4.99 Å². The first kappa shape index (κ1) is 24.0. The van der Waals surface area contributed by atoms with E-state index in [0.717, 1.165) is 25.4 Å². The fraction of sp³-hybridized carbons (Fsp3) is 0.944. The van der Waals surface area contributed by atoms with Gasteiger partial charge in [-0.05, 0) is 20.3 Å². The lowest BCUT2D eigenvalue weighted by molar-refractivity contribution is -0.181. The van der Waals surface area contributed by atoms with Crippen molar-refractivity contribution in [1.29, 1.82) is 0 Å². The van der Waals surface area contributed by atoms with E-state index >= 15 is 0 Å². The van der Waals surface area contributed by atoms with Gasteiger partial charge in [0.1, 0.15) is 6.04 Å². The van der Waals surface area contributed by atoms with Gasteiger partial charge in [-0.2, -0.15) is 13.2 Å². The van der Waals surface area contributed by atoms with Crippen LogP contribution in [0.4, 0.5) is 13.2 Å². The van der Waals surface area contributed by atoms with Crippen LogP contribution in [0.25, 0.3) is 0 Å². The van der Waals surface area contributed by atoms with Gasteiger partial charge in [-0.25, -0.2) is 0 Å². The van der Waals surface area contributed by atoms with Crippen LogP contribution in [0.2, 0.25) is 0 Å². The molecule has 0 bridgehead atoms. The van der Waals surface area contributed by atoms with Crippen LogP contribution in [0.5, 0.6) is 0 Å². The quantitative estimate of drug-likeness (QED) is 0.330. The van der Waals surface area contributed by atoms with E-state index in [-0.39, 0.29) is 0 Å². The highest BCUT2D eigenvalue weighted by atomic mass is 19.4. The molecule has 0 aromatic carbocycles. The van der Waals surface area contributed by atoms with E-state index in [4.69, 9.17) is 9.47 Å². The number of alkyl halides is 3. The summed E-state index contributed by atoms with van der Waals surface area (Å²) in [4.78, 5) is 8.01. The van der Waals surface area contributed by atoms with Crippen molar-refractivity contribution in [3.63, 3.8) is 0 Å². The summed E-state index contributed by atoms with van der Waals surface area (Å²) in [5.74, 6) is 0.736. The topological polar surface area (TPSA) is 49.3 Å². The largest absolute Gasteiger partial charge is 0.403 e. The number of aliphatic imine (C=N–C) groups is 1. The number of guanidine groups is 1. The van der Waals surface area contributed by atoms with Crippen molar-refractivity contribution >= 4 is 5.96 Å². The lowest BCUT2D eigenvalue weighted by Gasteiger charge is -2.39. The van der Waals surface area contributed by atoms with Gasteiger partial charge in [0, 0.05) is 39.3 Å². The maximum absolute atomic E-state index is 12.9. The van der Waals surface area contributed by atoms with Crippen LogP contribution in [0.1, 0.15) is 33.6 Å². The molecule has 0 amide bonds. The monoisotopic (exact) mass is 396 g/mol. The highest BCUT2D eigenvalue weighted by molar-refractivity contribution is 5.80. The Morgan fingerprint density at radius 1 is 1.04 bits per heavy atom. The summed E-state index contributed by atoms with van der Waals surface area (Å²) in [7, 11) is 0. The van der Waals surface area contributed by atoms with Gasteiger partial charge in [-0.15, -0.1) is 0 Å². The third kappa shape index (κ3) is 9.62. The highest BCUT2D eigenvalue weighted by Gasteiger charge is 2.41. The summed E-state index contributed by atoms with van der Waals surface area (Å²) < 4.78 is 49.5. The Labute approximate surface area is 161 Å². The average molecular weight is 396 g/mol. The molecule has 0 saturated carbocycles. The number of halogens is 3. The average Bonchev–Trinajstić information content (AvgIpc) is 2.64. The molecule has 1 fully saturated rings. The van der Waals surface area contributed by atoms with Crippen LogP contribution in [0.3, 0.4) is 0 Å². The third-order valence-electron chi connectivity index (χ3n) is 4.48. The Morgan fingerprint density at radius 2 is 1.67 bits per heavy atom. The first-order valence-electron chi connectivity index (χ1n) is 9.89. The lowest BCUT2D eigenvalue weighted by atomic mass is 10.2. The Morgan fingerprint density at radius 3 is 2.22 bits per heavy atom. The third-order valence-corrected chi connectivity index (χ3v) is 4.48. The van der Waals surface area contributed by atoms with Crippen molar-refractivity contribution in [1.82, 2.24) is 15.1 Å². The second kappa shape index (κ2) is 13.2. The minimum absolute atomic E-state index is 0.372. The van der Waals surface area contributed by atoms with E-state index in [1.54, 1.807) is 0 Å². The lowest BCUT2D eigenvalue weighted by Crippen LogP contribution is -2.56. The molecule has 0 aromatic rings. The Bertz CT molecular complexity index is 414. The standard InChI is InChI=1S/C18H35F3N4O2/c1-4-6-12-26-14-15-27-13-7-23-17(22-5-2)25-10-8-24(9-11-25)16(3)18(19,20)21/h16H,4-15H2,1-3H3,(H,22,23). The number of unbranched alkanes of at least 4 members (excludes halogenated alkanes) is 1. The summed E-state index contributed by atoms with van der Waals surface area (Å²) in [6.07, 6.45) is -2.00. The zero-order valence-corrected chi connectivity index (χ0v) is 16.9. The fourth-order valence-corrected chi connectivity index (χ4v) is 2.74. The van der Waals surface area contributed by atoms with E-state index in [9.17, 15) is 13.2 Å². The van der Waals surface area contributed by atoms with E-state index in [0.29, 0.717) is 59.1 Å². The van der Waals surface area contributed by atoms with Gasteiger partial charge in [0.2, 0.25) is 0 Å². The van der Waals surface area contributed by atoms with Crippen molar-refractivity contribution in [3.8, 4) is 0 Å². The van der Waals surface area contributed by atoms with Gasteiger partial charge in [-0.3, -0.25) is 9.89 Å². The molecule has 9 heteroatoms. The zero-order chi connectivity index (χ0) is 20.1. The molecule has 1 aliphatic rings. The highest BCUT2D eigenvalue weighted by Crippen LogP contribution is 2.25.